The molecule has 1 amide bonds. The SMILES string of the molecule is CC(C)CC(=O)N/N=C\c1ccc(Nc2ccccc2)cc1. The first-order valence-electron chi connectivity index (χ1n) is 7.37. The summed E-state index contributed by atoms with van der Waals surface area (Å²) in [6.45, 7) is 4.00. The summed E-state index contributed by atoms with van der Waals surface area (Å²) >= 11 is 0. The van der Waals surface area contributed by atoms with E-state index in [-0.39, 0.29) is 5.91 Å². The van der Waals surface area contributed by atoms with Crippen LogP contribution in [-0.4, -0.2) is 12.1 Å². The zero-order valence-corrected chi connectivity index (χ0v) is 12.9. The van der Waals surface area contributed by atoms with Crippen molar-refractivity contribution < 1.29 is 4.79 Å². The van der Waals surface area contributed by atoms with Crippen LogP contribution in [0.25, 0.3) is 0 Å². The first kappa shape index (κ1) is 15.8. The highest BCUT2D eigenvalue weighted by molar-refractivity contribution is 5.83. The van der Waals surface area contributed by atoms with Gasteiger partial charge in [-0.1, -0.05) is 44.2 Å². The molecule has 2 N–H and O–H groups in total. The molecule has 0 saturated heterocycles. The Morgan fingerprint density at radius 3 is 2.32 bits per heavy atom. The van der Waals surface area contributed by atoms with Gasteiger partial charge in [-0.2, -0.15) is 5.10 Å². The lowest BCUT2D eigenvalue weighted by atomic mass is 10.1. The van der Waals surface area contributed by atoms with Gasteiger partial charge in [0, 0.05) is 17.8 Å². The maximum atomic E-state index is 11.5. The van der Waals surface area contributed by atoms with Crippen LogP contribution in [0.15, 0.2) is 59.7 Å². The molecule has 2 aromatic carbocycles. The lowest BCUT2D eigenvalue weighted by Crippen LogP contribution is -2.19. The number of rotatable bonds is 6. The van der Waals surface area contributed by atoms with Gasteiger partial charge in [0.05, 0.1) is 6.21 Å². The molecule has 0 radical (unpaired) electrons. The Morgan fingerprint density at radius 2 is 1.68 bits per heavy atom. The molecule has 0 heterocycles. The molecule has 2 rings (SSSR count). The van der Waals surface area contributed by atoms with Gasteiger partial charge in [-0.05, 0) is 35.7 Å². The molecule has 0 aliphatic heterocycles. The molecule has 114 valence electrons. The number of nitrogens with one attached hydrogen (secondary N) is 2. The average molecular weight is 295 g/mol. The molecule has 22 heavy (non-hydrogen) atoms. The molecule has 0 aliphatic carbocycles. The van der Waals surface area contributed by atoms with E-state index in [4.69, 9.17) is 0 Å². The zero-order valence-electron chi connectivity index (χ0n) is 12.9. The van der Waals surface area contributed by atoms with Crippen molar-refractivity contribution in [2.24, 2.45) is 11.0 Å². The summed E-state index contributed by atoms with van der Waals surface area (Å²) in [6, 6.07) is 17.8. The van der Waals surface area contributed by atoms with Crippen molar-refractivity contribution in [3.63, 3.8) is 0 Å². The molecular formula is C18H21N3O. The molecule has 0 spiro atoms. The Bertz CT molecular complexity index is 619. The van der Waals surface area contributed by atoms with E-state index in [0.29, 0.717) is 12.3 Å². The maximum absolute atomic E-state index is 11.5. The molecule has 0 atom stereocenters. The molecule has 4 nitrogen and oxygen atoms in total. The number of anilines is 2. The van der Waals surface area contributed by atoms with Crippen LogP contribution >= 0.6 is 0 Å². The fraction of sp³-hybridized carbons (Fsp3) is 0.222. The lowest BCUT2D eigenvalue weighted by molar-refractivity contribution is -0.121. The van der Waals surface area contributed by atoms with Gasteiger partial charge >= 0.3 is 0 Å². The molecule has 4 heteroatoms. The number of hydrogen-bond donors (Lipinski definition) is 2. The van der Waals surface area contributed by atoms with Gasteiger partial charge in [-0.3, -0.25) is 4.79 Å². The minimum Gasteiger partial charge on any atom is -0.356 e. The van der Waals surface area contributed by atoms with Crippen LogP contribution in [0.4, 0.5) is 11.4 Å². The smallest absolute Gasteiger partial charge is 0.240 e. The summed E-state index contributed by atoms with van der Waals surface area (Å²) in [5, 5.41) is 7.28. The van der Waals surface area contributed by atoms with Crippen molar-refractivity contribution in [2.75, 3.05) is 5.32 Å². The maximum Gasteiger partial charge on any atom is 0.240 e. The van der Waals surface area contributed by atoms with Gasteiger partial charge < -0.3 is 5.32 Å². The van der Waals surface area contributed by atoms with Gasteiger partial charge in [-0.15, -0.1) is 0 Å². The summed E-state index contributed by atoms with van der Waals surface area (Å²) in [5.74, 6) is 0.271. The Balaban J connectivity index is 1.88. The highest BCUT2D eigenvalue weighted by Crippen LogP contribution is 2.15. The van der Waals surface area contributed by atoms with Crippen LogP contribution in [0, 0.1) is 5.92 Å². The van der Waals surface area contributed by atoms with Crippen molar-refractivity contribution >= 4 is 23.5 Å². The number of nitrogens with zero attached hydrogens (tertiary/aromatic N) is 1. The number of hydrogen-bond acceptors (Lipinski definition) is 3. The third kappa shape index (κ3) is 5.40. The van der Waals surface area contributed by atoms with Crippen LogP contribution in [-0.2, 0) is 4.79 Å². The van der Waals surface area contributed by atoms with Crippen LogP contribution in [0.5, 0.6) is 0 Å². The molecule has 0 aliphatic rings. The highest BCUT2D eigenvalue weighted by Gasteiger charge is 2.02. The van der Waals surface area contributed by atoms with Crippen LogP contribution in [0.2, 0.25) is 0 Å². The third-order valence-corrected chi connectivity index (χ3v) is 2.97. The van der Waals surface area contributed by atoms with E-state index in [1.807, 2.05) is 68.4 Å². The Labute approximate surface area is 131 Å². The molecule has 0 unspecified atom stereocenters. The van der Waals surface area contributed by atoms with E-state index in [1.54, 1.807) is 6.21 Å². The number of carbonyl (C=O) groups excluding carboxylic acids is 1. The summed E-state index contributed by atoms with van der Waals surface area (Å²) in [7, 11) is 0. The van der Waals surface area contributed by atoms with E-state index in [1.165, 1.54) is 0 Å². The van der Waals surface area contributed by atoms with Crippen LogP contribution < -0.4 is 10.7 Å². The number of hydrazone groups is 1. The van der Waals surface area contributed by atoms with Crippen LogP contribution in [0.1, 0.15) is 25.8 Å². The van der Waals surface area contributed by atoms with E-state index >= 15 is 0 Å². The first-order valence-corrected chi connectivity index (χ1v) is 7.37. The van der Waals surface area contributed by atoms with Gasteiger partial charge in [0.2, 0.25) is 5.91 Å². The fourth-order valence-corrected chi connectivity index (χ4v) is 1.94. The molecule has 0 fully saturated rings. The van der Waals surface area contributed by atoms with Crippen molar-refractivity contribution in [2.45, 2.75) is 20.3 Å². The van der Waals surface area contributed by atoms with Crippen molar-refractivity contribution in [1.29, 1.82) is 0 Å². The standard InChI is InChI=1S/C18H21N3O/c1-14(2)12-18(22)21-19-13-15-8-10-17(11-9-15)20-16-6-4-3-5-7-16/h3-11,13-14,20H,12H2,1-2H3,(H,21,22)/b19-13-. The fourth-order valence-electron chi connectivity index (χ4n) is 1.94. The summed E-state index contributed by atoms with van der Waals surface area (Å²) in [4.78, 5) is 11.5. The summed E-state index contributed by atoms with van der Waals surface area (Å²) in [5.41, 5.74) is 5.52. The lowest BCUT2D eigenvalue weighted by Gasteiger charge is -2.06. The van der Waals surface area contributed by atoms with Crippen molar-refractivity contribution in [1.82, 2.24) is 5.43 Å². The second-order valence-electron chi connectivity index (χ2n) is 5.50. The minimum atomic E-state index is -0.0615. The van der Waals surface area contributed by atoms with Crippen LogP contribution in [0.3, 0.4) is 0 Å². The largest absolute Gasteiger partial charge is 0.356 e. The Morgan fingerprint density at radius 1 is 1.05 bits per heavy atom. The Hall–Kier alpha value is -2.62. The van der Waals surface area contributed by atoms with Gasteiger partial charge in [0.1, 0.15) is 0 Å². The number of para-hydroxylation sites is 1. The number of amides is 1. The van der Waals surface area contributed by atoms with Crippen molar-refractivity contribution in [3.8, 4) is 0 Å². The predicted octanol–water partition coefficient (Wildman–Crippen LogP) is 3.93. The first-order chi connectivity index (χ1) is 10.6. The predicted molar refractivity (Wildman–Crippen MR) is 91.4 cm³/mol. The topological polar surface area (TPSA) is 53.5 Å². The number of carbonyl (C=O) groups is 1. The normalized spacial score (nSPS) is 10.9. The second kappa shape index (κ2) is 7.98. The Kier molecular flexibility index (Phi) is 5.72. The second-order valence-corrected chi connectivity index (χ2v) is 5.50. The van der Waals surface area contributed by atoms with E-state index < -0.39 is 0 Å². The zero-order chi connectivity index (χ0) is 15.8. The molecular weight excluding hydrogens is 274 g/mol. The third-order valence-electron chi connectivity index (χ3n) is 2.97. The van der Waals surface area contributed by atoms with E-state index in [0.717, 1.165) is 16.9 Å². The van der Waals surface area contributed by atoms with Gasteiger partial charge in [-0.25, -0.2) is 5.43 Å². The molecule has 2 aromatic rings. The number of benzene rings is 2. The summed E-state index contributed by atoms with van der Waals surface area (Å²) in [6.07, 6.45) is 2.13. The van der Waals surface area contributed by atoms with Gasteiger partial charge in [0.25, 0.3) is 0 Å². The quantitative estimate of drug-likeness (QED) is 0.627. The monoisotopic (exact) mass is 295 g/mol. The van der Waals surface area contributed by atoms with E-state index in [2.05, 4.69) is 15.8 Å². The van der Waals surface area contributed by atoms with E-state index in [9.17, 15) is 4.79 Å². The summed E-state index contributed by atoms with van der Waals surface area (Å²) < 4.78 is 0. The molecule has 0 bridgehead atoms. The highest BCUT2D eigenvalue weighted by atomic mass is 16.2. The minimum absolute atomic E-state index is 0.0615. The molecule has 0 saturated carbocycles. The molecule has 0 aromatic heterocycles. The van der Waals surface area contributed by atoms with Gasteiger partial charge in [0.15, 0.2) is 0 Å². The average Bonchev–Trinajstić information content (AvgIpc) is 2.49. The van der Waals surface area contributed by atoms with Crippen molar-refractivity contribution in [3.05, 3.63) is 60.2 Å².